The molecule has 0 unspecified atom stereocenters. The van der Waals surface area contributed by atoms with E-state index in [0.29, 0.717) is 6.54 Å². The van der Waals surface area contributed by atoms with Gasteiger partial charge in [0.1, 0.15) is 0 Å². The zero-order valence-corrected chi connectivity index (χ0v) is 17.6. The second-order valence-electron chi connectivity index (χ2n) is 6.63. The number of carbonyl (C=O) groups excluding carboxylic acids is 1. The molecule has 1 N–H and O–H groups in total. The van der Waals surface area contributed by atoms with Crippen LogP contribution >= 0.6 is 11.6 Å². The van der Waals surface area contributed by atoms with Crippen LogP contribution in [0.4, 0.5) is 0 Å². The molecule has 1 amide bonds. The van der Waals surface area contributed by atoms with Crippen LogP contribution in [0.2, 0.25) is 5.02 Å². The zero-order chi connectivity index (χ0) is 20.9. The van der Waals surface area contributed by atoms with Crippen LogP contribution in [0, 0.1) is 0 Å². The quantitative estimate of drug-likeness (QED) is 0.594. The molecule has 0 aromatic heterocycles. The highest BCUT2D eigenvalue weighted by atomic mass is 35.5. The van der Waals surface area contributed by atoms with Crippen molar-refractivity contribution in [2.75, 3.05) is 12.3 Å². The van der Waals surface area contributed by atoms with Gasteiger partial charge in [0.2, 0.25) is 0 Å². The Morgan fingerprint density at radius 2 is 1.48 bits per heavy atom. The smallest absolute Gasteiger partial charge is 0.252 e. The summed E-state index contributed by atoms with van der Waals surface area (Å²) in [5.41, 5.74) is 2.31. The number of nitrogens with one attached hydrogen (secondary N) is 1. The van der Waals surface area contributed by atoms with E-state index in [1.807, 2.05) is 60.7 Å². The van der Waals surface area contributed by atoms with Crippen LogP contribution < -0.4 is 5.32 Å². The number of carbonyl (C=O) groups is 1. The Hall–Kier alpha value is -2.63. The molecule has 0 aliphatic rings. The lowest BCUT2D eigenvalue weighted by Gasteiger charge is -2.19. The molecule has 0 saturated heterocycles. The van der Waals surface area contributed by atoms with E-state index < -0.39 is 15.7 Å². The van der Waals surface area contributed by atoms with Crippen molar-refractivity contribution >= 4 is 27.3 Å². The van der Waals surface area contributed by atoms with Crippen LogP contribution in [0.5, 0.6) is 0 Å². The first-order chi connectivity index (χ1) is 13.9. The van der Waals surface area contributed by atoms with Crippen LogP contribution in [0.25, 0.3) is 0 Å². The SMILES string of the molecule is CCS(=O)(=O)c1ccc(Cl)c(C(=O)NCC(c2ccccc2)c2ccccc2)c1. The summed E-state index contributed by atoms with van der Waals surface area (Å²) in [6.07, 6.45) is 0. The van der Waals surface area contributed by atoms with E-state index in [1.165, 1.54) is 18.2 Å². The lowest BCUT2D eigenvalue weighted by Crippen LogP contribution is -2.29. The maximum Gasteiger partial charge on any atom is 0.252 e. The molecular weight excluding hydrogens is 406 g/mol. The predicted molar refractivity (Wildman–Crippen MR) is 116 cm³/mol. The van der Waals surface area contributed by atoms with Gasteiger partial charge in [-0.1, -0.05) is 79.2 Å². The van der Waals surface area contributed by atoms with Crippen LogP contribution in [0.15, 0.2) is 83.8 Å². The highest BCUT2D eigenvalue weighted by Crippen LogP contribution is 2.25. The Morgan fingerprint density at radius 3 is 2.00 bits per heavy atom. The van der Waals surface area contributed by atoms with Crippen LogP contribution in [-0.2, 0) is 9.84 Å². The van der Waals surface area contributed by atoms with Gasteiger partial charge in [0.15, 0.2) is 9.84 Å². The Labute approximate surface area is 176 Å². The third kappa shape index (κ3) is 5.05. The zero-order valence-electron chi connectivity index (χ0n) is 16.0. The summed E-state index contributed by atoms with van der Waals surface area (Å²) in [6, 6.07) is 24.0. The standard InChI is InChI=1S/C23H22ClNO3S/c1-2-29(27,28)19-13-14-22(24)20(15-19)23(26)25-16-21(17-9-5-3-6-10-17)18-11-7-4-8-12-18/h3-15,21H,2,16H2,1H3,(H,25,26). The minimum atomic E-state index is -3.43. The van der Waals surface area contributed by atoms with Gasteiger partial charge in [-0.25, -0.2) is 8.42 Å². The van der Waals surface area contributed by atoms with Gasteiger partial charge in [0.05, 0.1) is 21.2 Å². The molecule has 3 aromatic rings. The minimum Gasteiger partial charge on any atom is -0.351 e. The molecule has 0 spiro atoms. The molecule has 6 heteroatoms. The number of hydrogen-bond donors (Lipinski definition) is 1. The Morgan fingerprint density at radius 1 is 0.931 bits per heavy atom. The second-order valence-corrected chi connectivity index (χ2v) is 9.31. The predicted octanol–water partition coefficient (Wildman–Crippen LogP) is 4.70. The van der Waals surface area contributed by atoms with Crippen LogP contribution in [0.1, 0.15) is 34.3 Å². The van der Waals surface area contributed by atoms with Crippen molar-refractivity contribution in [2.45, 2.75) is 17.7 Å². The van der Waals surface area contributed by atoms with Gasteiger partial charge in [-0.15, -0.1) is 0 Å². The van der Waals surface area contributed by atoms with Crippen molar-refractivity contribution in [1.29, 1.82) is 0 Å². The maximum atomic E-state index is 12.8. The first-order valence-corrected chi connectivity index (χ1v) is 11.4. The molecule has 0 bridgehead atoms. The molecule has 3 rings (SSSR count). The summed E-state index contributed by atoms with van der Waals surface area (Å²) in [6.45, 7) is 1.92. The molecular formula is C23H22ClNO3S. The third-order valence-corrected chi connectivity index (χ3v) is 6.85. The van der Waals surface area contributed by atoms with Crippen molar-refractivity contribution < 1.29 is 13.2 Å². The second kappa shape index (κ2) is 9.25. The highest BCUT2D eigenvalue weighted by molar-refractivity contribution is 7.91. The van der Waals surface area contributed by atoms with E-state index in [-0.39, 0.29) is 27.2 Å². The van der Waals surface area contributed by atoms with Crippen LogP contribution in [0.3, 0.4) is 0 Å². The van der Waals surface area contributed by atoms with Gasteiger partial charge >= 0.3 is 0 Å². The Kier molecular flexibility index (Phi) is 6.72. The molecule has 29 heavy (non-hydrogen) atoms. The molecule has 4 nitrogen and oxygen atoms in total. The molecule has 0 fully saturated rings. The normalized spacial score (nSPS) is 11.4. The van der Waals surface area contributed by atoms with Crippen molar-refractivity contribution in [3.63, 3.8) is 0 Å². The van der Waals surface area contributed by atoms with E-state index in [0.717, 1.165) is 11.1 Å². The van der Waals surface area contributed by atoms with Crippen molar-refractivity contribution in [2.24, 2.45) is 0 Å². The molecule has 0 aliphatic carbocycles. The highest BCUT2D eigenvalue weighted by Gasteiger charge is 2.19. The maximum absolute atomic E-state index is 12.8. The molecule has 0 saturated carbocycles. The lowest BCUT2D eigenvalue weighted by atomic mass is 9.91. The van der Waals surface area contributed by atoms with E-state index in [9.17, 15) is 13.2 Å². The van der Waals surface area contributed by atoms with Gasteiger partial charge in [-0.2, -0.15) is 0 Å². The third-order valence-electron chi connectivity index (χ3n) is 4.79. The number of benzene rings is 3. The fourth-order valence-corrected chi connectivity index (χ4v) is 4.24. The number of amides is 1. The Bertz CT molecular complexity index is 1040. The van der Waals surface area contributed by atoms with E-state index in [2.05, 4.69) is 5.32 Å². The van der Waals surface area contributed by atoms with E-state index in [1.54, 1.807) is 6.92 Å². The van der Waals surface area contributed by atoms with Gasteiger partial charge in [-0.3, -0.25) is 4.79 Å². The molecule has 0 aliphatic heterocycles. The molecule has 0 atom stereocenters. The number of halogens is 1. The summed E-state index contributed by atoms with van der Waals surface area (Å²) in [4.78, 5) is 12.9. The van der Waals surface area contributed by atoms with Crippen molar-refractivity contribution in [1.82, 2.24) is 5.32 Å². The summed E-state index contributed by atoms with van der Waals surface area (Å²) >= 11 is 6.18. The summed E-state index contributed by atoms with van der Waals surface area (Å²) in [5.74, 6) is -0.484. The fourth-order valence-electron chi connectivity index (χ4n) is 3.13. The van der Waals surface area contributed by atoms with Gasteiger partial charge < -0.3 is 5.32 Å². The summed E-state index contributed by atoms with van der Waals surface area (Å²) in [7, 11) is -3.43. The first-order valence-electron chi connectivity index (χ1n) is 9.32. The fraction of sp³-hybridized carbons (Fsp3) is 0.174. The number of hydrogen-bond acceptors (Lipinski definition) is 3. The number of rotatable bonds is 7. The van der Waals surface area contributed by atoms with Gasteiger partial charge in [0.25, 0.3) is 5.91 Å². The van der Waals surface area contributed by atoms with Crippen molar-refractivity contribution in [3.8, 4) is 0 Å². The summed E-state index contributed by atoms with van der Waals surface area (Å²) in [5, 5.41) is 3.13. The molecule has 150 valence electrons. The minimum absolute atomic E-state index is 0.0392. The van der Waals surface area contributed by atoms with Crippen molar-refractivity contribution in [3.05, 3.63) is 101 Å². The van der Waals surface area contributed by atoms with E-state index >= 15 is 0 Å². The van der Waals surface area contributed by atoms with E-state index in [4.69, 9.17) is 11.6 Å². The first kappa shape index (κ1) is 21.1. The summed E-state index contributed by atoms with van der Waals surface area (Å²) < 4.78 is 24.3. The average Bonchev–Trinajstić information content (AvgIpc) is 2.75. The Balaban J connectivity index is 1.85. The topological polar surface area (TPSA) is 63.2 Å². The molecule has 0 heterocycles. The number of sulfone groups is 1. The average molecular weight is 428 g/mol. The van der Waals surface area contributed by atoms with Gasteiger partial charge in [0, 0.05) is 12.5 Å². The molecule has 0 radical (unpaired) electrons. The monoisotopic (exact) mass is 427 g/mol. The van der Waals surface area contributed by atoms with Crippen LogP contribution in [-0.4, -0.2) is 26.6 Å². The van der Waals surface area contributed by atoms with Gasteiger partial charge in [-0.05, 0) is 29.3 Å². The largest absolute Gasteiger partial charge is 0.351 e. The molecule has 3 aromatic carbocycles. The lowest BCUT2D eigenvalue weighted by molar-refractivity contribution is 0.0952.